The average molecular weight is 296 g/mol. The average Bonchev–Trinajstić information content (AvgIpc) is 3.06. The summed E-state index contributed by atoms with van der Waals surface area (Å²) in [5.41, 5.74) is 0. The summed E-state index contributed by atoms with van der Waals surface area (Å²) in [6, 6.07) is 0.384. The first kappa shape index (κ1) is 16.3. The molecule has 1 aliphatic heterocycles. The van der Waals surface area contributed by atoms with Gasteiger partial charge in [-0.3, -0.25) is 9.59 Å². The number of carbonyl (C=O) groups excluding carboxylic acids is 2. The van der Waals surface area contributed by atoms with Gasteiger partial charge in [0.2, 0.25) is 11.8 Å². The van der Waals surface area contributed by atoms with Crippen molar-refractivity contribution in [2.45, 2.75) is 64.5 Å². The topological polar surface area (TPSA) is 58.6 Å². The molecule has 0 bridgehead atoms. The van der Waals surface area contributed by atoms with E-state index in [0.29, 0.717) is 32.2 Å². The van der Waals surface area contributed by atoms with Crippen molar-refractivity contribution in [2.24, 2.45) is 5.92 Å². The van der Waals surface area contributed by atoms with Crippen molar-refractivity contribution in [3.05, 3.63) is 0 Å². The standard InChI is InChI=1S/C16H28N2O3/c1-12(2)21-9-5-8-17-16(20)13-10-15(19)18(11-13)14-6-3-4-7-14/h12-14H,3-11H2,1-2H3,(H,17,20)/t13-/m1/s1. The minimum absolute atomic E-state index is 0.0217. The molecule has 1 saturated carbocycles. The van der Waals surface area contributed by atoms with Gasteiger partial charge in [0.05, 0.1) is 12.0 Å². The zero-order valence-electron chi connectivity index (χ0n) is 13.3. The minimum Gasteiger partial charge on any atom is -0.379 e. The molecule has 2 aliphatic rings. The van der Waals surface area contributed by atoms with Gasteiger partial charge in [0.15, 0.2) is 0 Å². The van der Waals surface area contributed by atoms with Gasteiger partial charge < -0.3 is 15.0 Å². The second kappa shape index (κ2) is 7.78. The number of carbonyl (C=O) groups is 2. The molecule has 0 radical (unpaired) electrons. The highest BCUT2D eigenvalue weighted by molar-refractivity contribution is 5.89. The van der Waals surface area contributed by atoms with Gasteiger partial charge in [-0.1, -0.05) is 12.8 Å². The Kier molecular flexibility index (Phi) is 6.03. The number of nitrogens with one attached hydrogen (secondary N) is 1. The number of hydrogen-bond donors (Lipinski definition) is 1. The number of amides is 2. The van der Waals surface area contributed by atoms with Crippen LogP contribution in [0.5, 0.6) is 0 Å². The summed E-state index contributed by atoms with van der Waals surface area (Å²) in [5.74, 6) is 0.0164. The van der Waals surface area contributed by atoms with Gasteiger partial charge in [-0.15, -0.1) is 0 Å². The van der Waals surface area contributed by atoms with E-state index in [2.05, 4.69) is 5.32 Å². The van der Waals surface area contributed by atoms with Gasteiger partial charge in [-0.25, -0.2) is 0 Å². The maximum absolute atomic E-state index is 12.1. The van der Waals surface area contributed by atoms with Crippen LogP contribution >= 0.6 is 0 Å². The first-order valence-electron chi connectivity index (χ1n) is 8.26. The van der Waals surface area contributed by atoms with Crippen LogP contribution in [0.2, 0.25) is 0 Å². The lowest BCUT2D eigenvalue weighted by Crippen LogP contribution is -2.37. The summed E-state index contributed by atoms with van der Waals surface area (Å²) in [5, 5.41) is 2.93. The molecule has 2 amide bonds. The van der Waals surface area contributed by atoms with E-state index < -0.39 is 0 Å². The van der Waals surface area contributed by atoms with Gasteiger partial charge in [0.25, 0.3) is 0 Å². The molecule has 5 nitrogen and oxygen atoms in total. The Balaban J connectivity index is 1.67. The van der Waals surface area contributed by atoms with E-state index >= 15 is 0 Å². The summed E-state index contributed by atoms with van der Waals surface area (Å²) in [4.78, 5) is 26.1. The zero-order chi connectivity index (χ0) is 15.2. The SMILES string of the molecule is CC(C)OCCCNC(=O)[C@@H]1CC(=O)N(C2CCCC2)C1. The Morgan fingerprint density at radius 3 is 2.76 bits per heavy atom. The molecule has 1 saturated heterocycles. The van der Waals surface area contributed by atoms with Gasteiger partial charge in [0.1, 0.15) is 0 Å². The Morgan fingerprint density at radius 2 is 2.10 bits per heavy atom. The smallest absolute Gasteiger partial charge is 0.225 e. The fraction of sp³-hybridized carbons (Fsp3) is 0.875. The lowest BCUT2D eigenvalue weighted by molar-refractivity contribution is -0.130. The molecule has 0 unspecified atom stereocenters. The minimum atomic E-state index is -0.163. The van der Waals surface area contributed by atoms with Crippen molar-refractivity contribution in [1.82, 2.24) is 10.2 Å². The largest absolute Gasteiger partial charge is 0.379 e. The molecule has 1 N–H and O–H groups in total. The first-order chi connectivity index (χ1) is 10.1. The van der Waals surface area contributed by atoms with Crippen molar-refractivity contribution in [1.29, 1.82) is 0 Å². The first-order valence-corrected chi connectivity index (χ1v) is 8.26. The fourth-order valence-corrected chi connectivity index (χ4v) is 3.22. The van der Waals surface area contributed by atoms with Crippen LogP contribution in [-0.2, 0) is 14.3 Å². The van der Waals surface area contributed by atoms with Gasteiger partial charge >= 0.3 is 0 Å². The molecule has 21 heavy (non-hydrogen) atoms. The van der Waals surface area contributed by atoms with E-state index in [-0.39, 0.29) is 23.8 Å². The predicted octanol–water partition coefficient (Wildman–Crippen LogP) is 1.71. The Bertz CT molecular complexity index is 365. The molecule has 5 heteroatoms. The van der Waals surface area contributed by atoms with Crippen molar-refractivity contribution in [3.8, 4) is 0 Å². The van der Waals surface area contributed by atoms with Crippen LogP contribution in [0, 0.1) is 5.92 Å². The Labute approximate surface area is 127 Å². The number of hydrogen-bond acceptors (Lipinski definition) is 3. The molecule has 1 atom stereocenters. The summed E-state index contributed by atoms with van der Waals surface area (Å²) in [6.07, 6.45) is 6.05. The van der Waals surface area contributed by atoms with Crippen molar-refractivity contribution in [3.63, 3.8) is 0 Å². The summed E-state index contributed by atoms with van der Waals surface area (Å²) < 4.78 is 5.44. The maximum atomic E-state index is 12.1. The third-order valence-electron chi connectivity index (χ3n) is 4.37. The zero-order valence-corrected chi connectivity index (χ0v) is 13.3. The van der Waals surface area contributed by atoms with Crippen molar-refractivity contribution < 1.29 is 14.3 Å². The molecular formula is C16H28N2O3. The van der Waals surface area contributed by atoms with Crippen LogP contribution < -0.4 is 5.32 Å². The monoisotopic (exact) mass is 296 g/mol. The van der Waals surface area contributed by atoms with Crippen LogP contribution in [0.1, 0.15) is 52.4 Å². The van der Waals surface area contributed by atoms with E-state index in [1.165, 1.54) is 12.8 Å². The Hall–Kier alpha value is -1.10. The molecule has 2 rings (SSSR count). The third-order valence-corrected chi connectivity index (χ3v) is 4.37. The Morgan fingerprint density at radius 1 is 1.38 bits per heavy atom. The van der Waals surface area contributed by atoms with Crippen LogP contribution in [0.25, 0.3) is 0 Å². The molecule has 120 valence electrons. The lowest BCUT2D eigenvalue weighted by atomic mass is 10.1. The van der Waals surface area contributed by atoms with Crippen molar-refractivity contribution in [2.75, 3.05) is 19.7 Å². The third kappa shape index (κ3) is 4.70. The van der Waals surface area contributed by atoms with Gasteiger partial charge in [-0.2, -0.15) is 0 Å². The number of rotatable bonds is 7. The van der Waals surface area contributed by atoms with E-state index in [4.69, 9.17) is 4.74 Å². The summed E-state index contributed by atoms with van der Waals surface area (Å²) in [6.45, 7) is 5.90. The van der Waals surface area contributed by atoms with Gasteiger partial charge in [-0.05, 0) is 33.1 Å². The highest BCUT2D eigenvalue weighted by Crippen LogP contribution is 2.29. The van der Waals surface area contributed by atoms with E-state index in [9.17, 15) is 9.59 Å². The van der Waals surface area contributed by atoms with E-state index in [0.717, 1.165) is 19.3 Å². The van der Waals surface area contributed by atoms with E-state index in [1.807, 2.05) is 18.7 Å². The quantitative estimate of drug-likeness (QED) is 0.728. The molecule has 2 fully saturated rings. The molecule has 1 heterocycles. The second-order valence-corrected chi connectivity index (χ2v) is 6.45. The molecule has 0 aromatic heterocycles. The lowest BCUT2D eigenvalue weighted by Gasteiger charge is -2.23. The van der Waals surface area contributed by atoms with Crippen LogP contribution in [0.4, 0.5) is 0 Å². The van der Waals surface area contributed by atoms with Crippen molar-refractivity contribution >= 4 is 11.8 Å². The molecule has 0 aromatic rings. The molecule has 0 spiro atoms. The van der Waals surface area contributed by atoms with Crippen LogP contribution in [0.3, 0.4) is 0 Å². The fourth-order valence-electron chi connectivity index (χ4n) is 3.22. The molecule has 1 aliphatic carbocycles. The van der Waals surface area contributed by atoms with Crippen LogP contribution in [-0.4, -0.2) is 48.6 Å². The molecular weight excluding hydrogens is 268 g/mol. The maximum Gasteiger partial charge on any atom is 0.225 e. The van der Waals surface area contributed by atoms with Gasteiger partial charge in [0, 0.05) is 32.2 Å². The normalized spacial score (nSPS) is 23.3. The molecule has 0 aromatic carbocycles. The predicted molar refractivity (Wildman–Crippen MR) is 80.8 cm³/mol. The van der Waals surface area contributed by atoms with Crippen LogP contribution in [0.15, 0.2) is 0 Å². The highest BCUT2D eigenvalue weighted by atomic mass is 16.5. The summed E-state index contributed by atoms with van der Waals surface area (Å²) in [7, 11) is 0. The van der Waals surface area contributed by atoms with E-state index in [1.54, 1.807) is 0 Å². The number of nitrogens with zero attached hydrogens (tertiary/aromatic N) is 1. The second-order valence-electron chi connectivity index (χ2n) is 6.45. The number of ether oxygens (including phenoxy) is 1. The highest BCUT2D eigenvalue weighted by Gasteiger charge is 2.38. The number of likely N-dealkylation sites (tertiary alicyclic amines) is 1. The summed E-state index contributed by atoms with van der Waals surface area (Å²) >= 11 is 0.